The number of aromatic carboxylic acids is 1. The number of hydrogen-bond acceptors (Lipinski definition) is 5. The van der Waals surface area contributed by atoms with Crippen molar-refractivity contribution < 1.29 is 27.8 Å². The maximum atomic E-state index is 12.1. The molecule has 0 bridgehead atoms. The molecule has 6 nitrogen and oxygen atoms in total. The van der Waals surface area contributed by atoms with Crippen LogP contribution in [0.2, 0.25) is 0 Å². The van der Waals surface area contributed by atoms with Crippen molar-refractivity contribution in [2.24, 2.45) is 0 Å². The van der Waals surface area contributed by atoms with Crippen molar-refractivity contribution in [1.82, 2.24) is 0 Å². The number of carboxylic acid groups (broad SMARTS) is 1. The summed E-state index contributed by atoms with van der Waals surface area (Å²) in [6.45, 7) is 1.15. The third-order valence-corrected chi connectivity index (χ3v) is 4.44. The first-order valence-corrected chi connectivity index (χ1v) is 7.76. The van der Waals surface area contributed by atoms with E-state index in [0.717, 1.165) is 0 Å². The number of methoxy groups -OCH3 is 1. The lowest BCUT2D eigenvalue weighted by Gasteiger charge is -2.08. The average Bonchev–Trinajstić information content (AvgIpc) is 2.42. The highest BCUT2D eigenvalue weighted by atomic mass is 32.2. The molecule has 1 rings (SSSR count). The highest BCUT2D eigenvalue weighted by Gasteiger charge is 2.21. The molecule has 0 spiro atoms. The van der Waals surface area contributed by atoms with E-state index >= 15 is 0 Å². The smallest absolute Gasteiger partial charge is 0.337 e. The Morgan fingerprint density at radius 3 is 2.55 bits per heavy atom. The van der Waals surface area contributed by atoms with Crippen LogP contribution in [0.25, 0.3) is 0 Å². The van der Waals surface area contributed by atoms with E-state index in [1.165, 1.54) is 24.3 Å². The summed E-state index contributed by atoms with van der Waals surface area (Å²) in [5, 5.41) is 8.99. The van der Waals surface area contributed by atoms with Crippen molar-refractivity contribution in [3.63, 3.8) is 0 Å². The molecule has 20 heavy (non-hydrogen) atoms. The van der Waals surface area contributed by atoms with Crippen molar-refractivity contribution in [2.45, 2.75) is 11.3 Å². The number of rotatable bonds is 9. The van der Waals surface area contributed by atoms with Crippen molar-refractivity contribution >= 4 is 15.8 Å². The average molecular weight is 302 g/mol. The molecule has 0 saturated carbocycles. The van der Waals surface area contributed by atoms with Crippen LogP contribution in [0.5, 0.6) is 0 Å². The fourth-order valence-electron chi connectivity index (χ4n) is 1.62. The molecule has 0 saturated heterocycles. The van der Waals surface area contributed by atoms with Crippen LogP contribution in [-0.2, 0) is 19.3 Å². The van der Waals surface area contributed by atoms with Gasteiger partial charge in [-0.1, -0.05) is 12.1 Å². The Morgan fingerprint density at radius 2 is 1.90 bits per heavy atom. The first-order chi connectivity index (χ1) is 9.49. The highest BCUT2D eigenvalue weighted by molar-refractivity contribution is 7.91. The summed E-state index contributed by atoms with van der Waals surface area (Å²) in [6, 6.07) is 5.60. The summed E-state index contributed by atoms with van der Waals surface area (Å²) < 4.78 is 34.2. The minimum atomic E-state index is -3.62. The summed E-state index contributed by atoms with van der Waals surface area (Å²) in [5.74, 6) is -1.40. The molecular formula is C13H18O6S. The Hall–Kier alpha value is -1.44. The van der Waals surface area contributed by atoms with Crippen molar-refractivity contribution in [3.05, 3.63) is 29.8 Å². The van der Waals surface area contributed by atoms with Gasteiger partial charge in [0.05, 0.1) is 29.4 Å². The molecule has 0 aliphatic heterocycles. The molecule has 1 N–H and O–H groups in total. The van der Waals surface area contributed by atoms with Crippen LogP contribution >= 0.6 is 0 Å². The second kappa shape index (κ2) is 7.98. The second-order valence-electron chi connectivity index (χ2n) is 4.08. The first kappa shape index (κ1) is 16.6. The molecule has 0 fully saturated rings. The zero-order chi connectivity index (χ0) is 15.0. The molecule has 1 aromatic carbocycles. The fourth-order valence-corrected chi connectivity index (χ4v) is 3.11. The number of carboxylic acids is 1. The van der Waals surface area contributed by atoms with Crippen LogP contribution in [0.4, 0.5) is 0 Å². The zero-order valence-electron chi connectivity index (χ0n) is 11.2. The van der Waals surface area contributed by atoms with Gasteiger partial charge < -0.3 is 14.6 Å². The number of ether oxygens (including phenoxy) is 2. The van der Waals surface area contributed by atoms with Gasteiger partial charge in [-0.05, 0) is 18.6 Å². The first-order valence-electron chi connectivity index (χ1n) is 6.11. The molecule has 0 unspecified atom stereocenters. The van der Waals surface area contributed by atoms with Crippen LogP contribution in [0.15, 0.2) is 29.2 Å². The zero-order valence-corrected chi connectivity index (χ0v) is 12.1. The molecule has 0 aromatic heterocycles. The number of benzene rings is 1. The van der Waals surface area contributed by atoms with Crippen LogP contribution in [0, 0.1) is 0 Å². The van der Waals surface area contributed by atoms with Crippen LogP contribution in [-0.4, -0.2) is 52.2 Å². The third-order valence-electron chi connectivity index (χ3n) is 2.59. The van der Waals surface area contributed by atoms with E-state index in [4.69, 9.17) is 14.6 Å². The van der Waals surface area contributed by atoms with Gasteiger partial charge in [-0.15, -0.1) is 0 Å². The predicted octanol–water partition coefficient (Wildman–Crippen LogP) is 1.21. The molecular weight excluding hydrogens is 284 g/mol. The standard InChI is InChI=1S/C13H18O6S/c1-18-8-9-19-7-4-10-20(16,17)12-6-3-2-5-11(12)13(14)15/h2-3,5-6H,4,7-10H2,1H3,(H,14,15). The van der Waals surface area contributed by atoms with Gasteiger partial charge in [0.2, 0.25) is 0 Å². The van der Waals surface area contributed by atoms with E-state index < -0.39 is 15.8 Å². The molecule has 0 aliphatic carbocycles. The topological polar surface area (TPSA) is 89.9 Å². The Balaban J connectivity index is 2.63. The van der Waals surface area contributed by atoms with Crippen LogP contribution in [0.3, 0.4) is 0 Å². The second-order valence-corrected chi connectivity index (χ2v) is 6.16. The summed E-state index contributed by atoms with van der Waals surface area (Å²) in [7, 11) is -2.07. The van der Waals surface area contributed by atoms with Gasteiger partial charge in [0.25, 0.3) is 0 Å². The summed E-state index contributed by atoms with van der Waals surface area (Å²) >= 11 is 0. The summed E-state index contributed by atoms with van der Waals surface area (Å²) in [4.78, 5) is 10.9. The van der Waals surface area contributed by atoms with E-state index in [9.17, 15) is 13.2 Å². The molecule has 112 valence electrons. The lowest BCUT2D eigenvalue weighted by molar-refractivity contribution is 0.0692. The van der Waals surface area contributed by atoms with Gasteiger partial charge >= 0.3 is 5.97 Å². The van der Waals surface area contributed by atoms with Gasteiger partial charge in [0.15, 0.2) is 9.84 Å². The van der Waals surface area contributed by atoms with Gasteiger partial charge in [-0.3, -0.25) is 0 Å². The quantitative estimate of drug-likeness (QED) is 0.690. The van der Waals surface area contributed by atoms with E-state index in [1.807, 2.05) is 0 Å². The Kier molecular flexibility index (Phi) is 6.63. The van der Waals surface area contributed by atoms with Crippen molar-refractivity contribution in [2.75, 3.05) is 32.7 Å². The van der Waals surface area contributed by atoms with Gasteiger partial charge in [0, 0.05) is 13.7 Å². The largest absolute Gasteiger partial charge is 0.478 e. The van der Waals surface area contributed by atoms with E-state index in [-0.39, 0.29) is 22.8 Å². The van der Waals surface area contributed by atoms with Crippen LogP contribution in [0.1, 0.15) is 16.8 Å². The highest BCUT2D eigenvalue weighted by Crippen LogP contribution is 2.17. The Labute approximate surface area is 118 Å². The maximum Gasteiger partial charge on any atom is 0.337 e. The lowest BCUT2D eigenvalue weighted by atomic mass is 10.2. The Morgan fingerprint density at radius 1 is 1.20 bits per heavy atom. The molecule has 0 atom stereocenters. The van der Waals surface area contributed by atoms with E-state index in [1.54, 1.807) is 7.11 Å². The molecule has 0 amide bonds. The van der Waals surface area contributed by atoms with E-state index in [0.29, 0.717) is 19.6 Å². The molecule has 7 heteroatoms. The maximum absolute atomic E-state index is 12.1. The van der Waals surface area contributed by atoms with Crippen LogP contribution < -0.4 is 0 Å². The number of hydrogen-bond donors (Lipinski definition) is 1. The summed E-state index contributed by atoms with van der Waals surface area (Å²) in [5.41, 5.74) is -0.201. The summed E-state index contributed by atoms with van der Waals surface area (Å²) in [6.07, 6.45) is 0.306. The predicted molar refractivity (Wildman–Crippen MR) is 72.8 cm³/mol. The minimum Gasteiger partial charge on any atom is -0.478 e. The number of sulfone groups is 1. The minimum absolute atomic E-state index is 0.149. The van der Waals surface area contributed by atoms with Gasteiger partial charge in [0.1, 0.15) is 0 Å². The third kappa shape index (κ3) is 4.92. The molecule has 0 heterocycles. The lowest BCUT2D eigenvalue weighted by Crippen LogP contribution is -2.14. The van der Waals surface area contributed by atoms with E-state index in [2.05, 4.69) is 0 Å². The molecule has 1 aromatic rings. The van der Waals surface area contributed by atoms with Gasteiger partial charge in [-0.25, -0.2) is 13.2 Å². The molecule has 0 aliphatic rings. The molecule has 0 radical (unpaired) electrons. The van der Waals surface area contributed by atoms with Crippen molar-refractivity contribution in [1.29, 1.82) is 0 Å². The normalized spacial score (nSPS) is 11.4. The number of carbonyl (C=O) groups is 1. The SMILES string of the molecule is COCCOCCCS(=O)(=O)c1ccccc1C(=O)O. The fraction of sp³-hybridized carbons (Fsp3) is 0.462. The monoisotopic (exact) mass is 302 g/mol. The Bertz CT molecular complexity index is 538. The van der Waals surface area contributed by atoms with Gasteiger partial charge in [-0.2, -0.15) is 0 Å². The van der Waals surface area contributed by atoms with Crippen molar-refractivity contribution in [3.8, 4) is 0 Å².